The van der Waals surface area contributed by atoms with Crippen LogP contribution in [0.4, 0.5) is 17.6 Å². The standard InChI is InChI=1S/C31H21F4NO3/c32-26-13-12-22(30(37)38)16-27(26)39-18-20-8-4-9-21(15-20)28-23(14-19-6-2-1-3-7-19)17-36-29-24(28)10-5-11-25(29)31(33,34)35/h1-13,15-17H,14,18H2,(H,37,38). The first-order valence-electron chi connectivity index (χ1n) is 12.0. The number of halogens is 4. The molecule has 8 heteroatoms. The van der Waals surface area contributed by atoms with Gasteiger partial charge in [0, 0.05) is 11.6 Å². The molecule has 0 aliphatic rings. The largest absolute Gasteiger partial charge is 0.486 e. The van der Waals surface area contributed by atoms with E-state index in [2.05, 4.69) is 4.98 Å². The van der Waals surface area contributed by atoms with Crippen LogP contribution in [0.25, 0.3) is 22.0 Å². The second kappa shape index (κ2) is 10.6. The predicted molar refractivity (Wildman–Crippen MR) is 139 cm³/mol. The van der Waals surface area contributed by atoms with Crippen molar-refractivity contribution in [3.8, 4) is 16.9 Å². The molecule has 4 aromatic carbocycles. The van der Waals surface area contributed by atoms with Crippen LogP contribution in [0.15, 0.2) is 97.2 Å². The molecule has 39 heavy (non-hydrogen) atoms. The average molecular weight is 532 g/mol. The fourth-order valence-corrected chi connectivity index (χ4v) is 4.51. The third-order valence-electron chi connectivity index (χ3n) is 6.31. The van der Waals surface area contributed by atoms with Crippen molar-refractivity contribution >= 4 is 16.9 Å². The van der Waals surface area contributed by atoms with Gasteiger partial charge in [0.15, 0.2) is 11.6 Å². The fourth-order valence-electron chi connectivity index (χ4n) is 4.51. The lowest BCUT2D eigenvalue weighted by Gasteiger charge is -2.17. The molecule has 196 valence electrons. The van der Waals surface area contributed by atoms with E-state index in [1.54, 1.807) is 30.3 Å². The zero-order valence-corrected chi connectivity index (χ0v) is 20.4. The molecule has 0 aliphatic carbocycles. The van der Waals surface area contributed by atoms with Crippen LogP contribution in [0, 0.1) is 5.82 Å². The summed E-state index contributed by atoms with van der Waals surface area (Å²) in [6.45, 7) is -0.0847. The Hall–Kier alpha value is -4.72. The average Bonchev–Trinajstić information content (AvgIpc) is 2.92. The summed E-state index contributed by atoms with van der Waals surface area (Å²) in [5.74, 6) is -2.13. The highest BCUT2D eigenvalue weighted by Crippen LogP contribution is 2.39. The monoisotopic (exact) mass is 531 g/mol. The summed E-state index contributed by atoms with van der Waals surface area (Å²) in [5.41, 5.74) is 2.51. The summed E-state index contributed by atoms with van der Waals surface area (Å²) >= 11 is 0. The van der Waals surface area contributed by atoms with Gasteiger partial charge >= 0.3 is 12.1 Å². The number of ether oxygens (including phenoxy) is 1. The number of aromatic nitrogens is 1. The highest BCUT2D eigenvalue weighted by molar-refractivity contribution is 5.98. The molecule has 1 heterocycles. The van der Waals surface area contributed by atoms with Gasteiger partial charge < -0.3 is 9.84 Å². The highest BCUT2D eigenvalue weighted by atomic mass is 19.4. The lowest BCUT2D eigenvalue weighted by Crippen LogP contribution is -2.07. The Morgan fingerprint density at radius 1 is 0.872 bits per heavy atom. The molecule has 0 aliphatic heterocycles. The number of nitrogens with zero attached hydrogens (tertiary/aromatic N) is 1. The predicted octanol–water partition coefficient (Wildman–Crippen LogP) is 7.93. The van der Waals surface area contributed by atoms with E-state index in [-0.39, 0.29) is 23.4 Å². The van der Waals surface area contributed by atoms with Crippen LogP contribution >= 0.6 is 0 Å². The number of fused-ring (bicyclic) bond motifs is 1. The molecule has 0 amide bonds. The van der Waals surface area contributed by atoms with E-state index in [9.17, 15) is 27.5 Å². The Labute approximate surface area is 221 Å². The Morgan fingerprint density at radius 3 is 2.36 bits per heavy atom. The maximum absolute atomic E-state index is 14.2. The molecule has 0 unspecified atom stereocenters. The Morgan fingerprint density at radius 2 is 1.62 bits per heavy atom. The molecule has 1 aromatic heterocycles. The third-order valence-corrected chi connectivity index (χ3v) is 6.31. The van der Waals surface area contributed by atoms with Gasteiger partial charge in [-0.05, 0) is 64.6 Å². The Bertz CT molecular complexity index is 1670. The molecule has 0 bridgehead atoms. The number of pyridine rings is 1. The number of benzene rings is 4. The first-order chi connectivity index (χ1) is 18.7. The molecular weight excluding hydrogens is 510 g/mol. The van der Waals surface area contributed by atoms with Crippen molar-refractivity contribution in [1.82, 2.24) is 4.98 Å². The number of carboxylic acids is 1. The quantitative estimate of drug-likeness (QED) is 0.217. The Balaban J connectivity index is 1.58. The van der Waals surface area contributed by atoms with Crippen molar-refractivity contribution in [1.29, 1.82) is 0 Å². The van der Waals surface area contributed by atoms with E-state index in [4.69, 9.17) is 4.74 Å². The van der Waals surface area contributed by atoms with Gasteiger partial charge in [-0.15, -0.1) is 0 Å². The van der Waals surface area contributed by atoms with Gasteiger partial charge in [-0.25, -0.2) is 9.18 Å². The molecule has 0 saturated heterocycles. The van der Waals surface area contributed by atoms with Gasteiger partial charge in [-0.1, -0.05) is 60.7 Å². The van der Waals surface area contributed by atoms with E-state index in [0.717, 1.165) is 35.4 Å². The summed E-state index contributed by atoms with van der Waals surface area (Å²) in [5, 5.41) is 9.54. The minimum Gasteiger partial charge on any atom is -0.486 e. The number of carboxylic acid groups (broad SMARTS) is 1. The molecule has 4 nitrogen and oxygen atoms in total. The molecular formula is C31H21F4NO3. The summed E-state index contributed by atoms with van der Waals surface area (Å²) in [7, 11) is 0. The van der Waals surface area contributed by atoms with Crippen LogP contribution in [0.2, 0.25) is 0 Å². The van der Waals surface area contributed by atoms with Crippen molar-refractivity contribution in [3.63, 3.8) is 0 Å². The third kappa shape index (κ3) is 5.60. The van der Waals surface area contributed by atoms with Gasteiger partial charge in [-0.2, -0.15) is 13.2 Å². The second-order valence-corrected chi connectivity index (χ2v) is 8.96. The van der Waals surface area contributed by atoms with Crippen molar-refractivity contribution in [2.75, 3.05) is 0 Å². The van der Waals surface area contributed by atoms with Gasteiger partial charge in [0.25, 0.3) is 0 Å². The number of rotatable bonds is 7. The molecule has 0 fully saturated rings. The van der Waals surface area contributed by atoms with Gasteiger partial charge in [0.2, 0.25) is 0 Å². The minimum atomic E-state index is -4.57. The summed E-state index contributed by atoms with van der Waals surface area (Å²) in [6, 6.07) is 23.8. The van der Waals surface area contributed by atoms with Gasteiger partial charge in [-0.3, -0.25) is 4.98 Å². The smallest absolute Gasteiger partial charge is 0.418 e. The van der Waals surface area contributed by atoms with E-state index in [0.29, 0.717) is 28.5 Å². The zero-order chi connectivity index (χ0) is 27.6. The number of aromatic carboxylic acids is 1. The topological polar surface area (TPSA) is 59.4 Å². The molecule has 5 aromatic rings. The van der Waals surface area contributed by atoms with Gasteiger partial charge in [0.05, 0.1) is 16.6 Å². The molecule has 0 radical (unpaired) electrons. The number of para-hydroxylation sites is 1. The maximum Gasteiger partial charge on any atom is 0.418 e. The molecule has 5 rings (SSSR count). The minimum absolute atomic E-state index is 0.0847. The van der Waals surface area contributed by atoms with Crippen LogP contribution in [0.3, 0.4) is 0 Å². The van der Waals surface area contributed by atoms with Crippen molar-refractivity contribution < 1.29 is 32.2 Å². The van der Waals surface area contributed by atoms with Crippen LogP contribution < -0.4 is 4.74 Å². The second-order valence-electron chi connectivity index (χ2n) is 8.96. The van der Waals surface area contributed by atoms with E-state index < -0.39 is 23.5 Å². The lowest BCUT2D eigenvalue weighted by atomic mass is 9.91. The SMILES string of the molecule is O=C(O)c1ccc(F)c(OCc2cccc(-c3c(Cc4ccccc4)cnc4c(C(F)(F)F)cccc34)c2)c1. The van der Waals surface area contributed by atoms with Crippen LogP contribution in [-0.2, 0) is 19.2 Å². The molecule has 1 N–H and O–H groups in total. The van der Waals surface area contributed by atoms with Crippen molar-refractivity contribution in [2.24, 2.45) is 0 Å². The lowest BCUT2D eigenvalue weighted by molar-refractivity contribution is -0.136. The number of hydrogen-bond donors (Lipinski definition) is 1. The van der Waals surface area contributed by atoms with E-state index in [1.165, 1.54) is 12.3 Å². The van der Waals surface area contributed by atoms with Crippen LogP contribution in [0.5, 0.6) is 5.75 Å². The van der Waals surface area contributed by atoms with E-state index in [1.807, 2.05) is 30.3 Å². The first-order valence-corrected chi connectivity index (χ1v) is 12.0. The van der Waals surface area contributed by atoms with Crippen molar-refractivity contribution in [3.05, 3.63) is 131 Å². The fraction of sp³-hybridized carbons (Fsp3) is 0.0968. The molecule has 0 saturated carbocycles. The first kappa shape index (κ1) is 25.9. The van der Waals surface area contributed by atoms with Gasteiger partial charge in [0.1, 0.15) is 6.61 Å². The Kier molecular flexibility index (Phi) is 7.02. The highest BCUT2D eigenvalue weighted by Gasteiger charge is 2.33. The van der Waals surface area contributed by atoms with Crippen LogP contribution in [-0.4, -0.2) is 16.1 Å². The summed E-state index contributed by atoms with van der Waals surface area (Å²) in [6.07, 6.45) is -2.64. The van der Waals surface area contributed by atoms with Crippen LogP contribution in [0.1, 0.15) is 32.6 Å². The number of alkyl halides is 3. The number of hydrogen-bond acceptors (Lipinski definition) is 3. The maximum atomic E-state index is 14.2. The summed E-state index contributed by atoms with van der Waals surface area (Å²) < 4.78 is 61.3. The summed E-state index contributed by atoms with van der Waals surface area (Å²) in [4.78, 5) is 15.5. The normalized spacial score (nSPS) is 11.5. The van der Waals surface area contributed by atoms with Crippen molar-refractivity contribution in [2.45, 2.75) is 19.2 Å². The van der Waals surface area contributed by atoms with E-state index >= 15 is 0 Å². The zero-order valence-electron chi connectivity index (χ0n) is 20.4. The molecule has 0 spiro atoms. The number of carbonyl (C=O) groups is 1. The molecule has 0 atom stereocenters.